The van der Waals surface area contributed by atoms with Crippen LogP contribution in [0.5, 0.6) is 0 Å². The summed E-state index contributed by atoms with van der Waals surface area (Å²) < 4.78 is 6.71. The van der Waals surface area contributed by atoms with Gasteiger partial charge in [0.2, 0.25) is 0 Å². The van der Waals surface area contributed by atoms with Crippen molar-refractivity contribution < 1.29 is 4.74 Å². The number of rotatable bonds is 4. The molecule has 5 rings (SSSR count). The highest BCUT2D eigenvalue weighted by Gasteiger charge is 2.26. The Labute approximate surface area is 169 Å². The lowest BCUT2D eigenvalue weighted by atomic mass is 9.90. The molecule has 3 aromatic heterocycles. The van der Waals surface area contributed by atoms with Gasteiger partial charge in [-0.3, -0.25) is 0 Å². The first-order valence-electron chi connectivity index (χ1n) is 10.4. The van der Waals surface area contributed by atoms with Crippen molar-refractivity contribution in [3.63, 3.8) is 0 Å². The van der Waals surface area contributed by atoms with E-state index in [0.717, 1.165) is 66.6 Å². The second-order valence-corrected chi connectivity index (χ2v) is 9.16. The summed E-state index contributed by atoms with van der Waals surface area (Å²) in [4.78, 5) is 17.9. The number of fused-ring (bicyclic) bond motifs is 5. The molecule has 0 unspecified atom stereocenters. The van der Waals surface area contributed by atoms with Gasteiger partial charge in [-0.2, -0.15) is 0 Å². The lowest BCUT2D eigenvalue weighted by molar-refractivity contribution is 0.122. The van der Waals surface area contributed by atoms with Gasteiger partial charge >= 0.3 is 0 Å². The van der Waals surface area contributed by atoms with Gasteiger partial charge in [0.05, 0.1) is 23.4 Å². The Morgan fingerprint density at radius 1 is 1.14 bits per heavy atom. The third kappa shape index (κ3) is 3.10. The Hall–Kier alpha value is -1.99. The molecule has 1 saturated heterocycles. The molecule has 1 N–H and O–H groups in total. The second kappa shape index (κ2) is 7.44. The number of thiophene rings is 1. The van der Waals surface area contributed by atoms with E-state index in [-0.39, 0.29) is 0 Å². The van der Waals surface area contributed by atoms with Gasteiger partial charge in [-0.25, -0.2) is 15.0 Å². The van der Waals surface area contributed by atoms with E-state index in [4.69, 9.17) is 14.7 Å². The molecule has 0 amide bonds. The molecule has 1 aliphatic heterocycles. The molecule has 0 radical (unpaired) electrons. The van der Waals surface area contributed by atoms with E-state index in [1.54, 1.807) is 17.7 Å². The minimum Gasteiger partial charge on any atom is -0.378 e. The number of morpholine rings is 1. The highest BCUT2D eigenvalue weighted by molar-refractivity contribution is 7.26. The normalized spacial score (nSPS) is 17.5. The second-order valence-electron chi connectivity index (χ2n) is 8.16. The Bertz CT molecular complexity index is 1010. The first kappa shape index (κ1) is 18.1. The van der Waals surface area contributed by atoms with E-state index in [2.05, 4.69) is 29.0 Å². The average molecular weight is 398 g/mol. The quantitative estimate of drug-likeness (QED) is 0.717. The number of nitrogens with zero attached hydrogens (tertiary/aromatic N) is 4. The van der Waals surface area contributed by atoms with Crippen molar-refractivity contribution in [2.45, 2.75) is 39.5 Å². The van der Waals surface area contributed by atoms with Gasteiger partial charge in [-0.15, -0.1) is 11.3 Å². The summed E-state index contributed by atoms with van der Waals surface area (Å²) in [6.45, 7) is 8.76. The molecular formula is C21H27N5OS. The number of hydrogen-bond acceptors (Lipinski definition) is 7. The zero-order valence-electron chi connectivity index (χ0n) is 16.6. The van der Waals surface area contributed by atoms with Crippen LogP contribution >= 0.6 is 11.3 Å². The van der Waals surface area contributed by atoms with Gasteiger partial charge < -0.3 is 15.0 Å². The van der Waals surface area contributed by atoms with Crippen LogP contribution in [0.4, 0.5) is 11.6 Å². The van der Waals surface area contributed by atoms with Crippen LogP contribution in [0.2, 0.25) is 0 Å². The molecule has 4 heterocycles. The number of anilines is 2. The molecule has 0 saturated carbocycles. The molecular weight excluding hydrogens is 370 g/mol. The molecule has 0 spiro atoms. The molecule has 2 aliphatic rings. The maximum atomic E-state index is 5.57. The minimum absolute atomic E-state index is 0.568. The number of pyridine rings is 1. The van der Waals surface area contributed by atoms with Gasteiger partial charge in [0.25, 0.3) is 0 Å². The summed E-state index contributed by atoms with van der Waals surface area (Å²) in [5.41, 5.74) is 3.98. The van der Waals surface area contributed by atoms with E-state index < -0.39 is 0 Å². The van der Waals surface area contributed by atoms with Gasteiger partial charge in [0.15, 0.2) is 0 Å². The van der Waals surface area contributed by atoms with Crippen molar-refractivity contribution in [2.75, 3.05) is 43.1 Å². The summed E-state index contributed by atoms with van der Waals surface area (Å²) in [5, 5.41) is 4.78. The Morgan fingerprint density at radius 3 is 2.71 bits per heavy atom. The van der Waals surface area contributed by atoms with Crippen molar-refractivity contribution in [3.05, 3.63) is 17.5 Å². The molecule has 1 aliphatic carbocycles. The van der Waals surface area contributed by atoms with Crippen LogP contribution in [0, 0.1) is 5.92 Å². The fourth-order valence-electron chi connectivity index (χ4n) is 4.30. The third-order valence-corrected chi connectivity index (χ3v) is 6.77. The van der Waals surface area contributed by atoms with Crippen LogP contribution in [-0.2, 0) is 17.6 Å². The number of aryl methyl sites for hydroxylation is 1. The molecule has 7 heteroatoms. The summed E-state index contributed by atoms with van der Waals surface area (Å²) in [6, 6.07) is 0. The monoisotopic (exact) mass is 397 g/mol. The lowest BCUT2D eigenvalue weighted by Gasteiger charge is -2.31. The maximum absolute atomic E-state index is 5.57. The molecule has 6 nitrogen and oxygen atoms in total. The predicted molar refractivity (Wildman–Crippen MR) is 116 cm³/mol. The fraction of sp³-hybridized carbons (Fsp3) is 0.571. The van der Waals surface area contributed by atoms with Gasteiger partial charge in [0.1, 0.15) is 22.8 Å². The van der Waals surface area contributed by atoms with Crippen LogP contribution in [0.3, 0.4) is 0 Å². The van der Waals surface area contributed by atoms with Crippen LogP contribution in [0.1, 0.15) is 37.8 Å². The molecule has 28 heavy (non-hydrogen) atoms. The van der Waals surface area contributed by atoms with E-state index in [0.29, 0.717) is 5.92 Å². The van der Waals surface area contributed by atoms with E-state index in [1.807, 2.05) is 0 Å². The number of ether oxygens (including phenoxy) is 1. The smallest absolute Gasteiger partial charge is 0.147 e. The first-order chi connectivity index (χ1) is 13.7. The maximum Gasteiger partial charge on any atom is 0.147 e. The van der Waals surface area contributed by atoms with Crippen molar-refractivity contribution in [3.8, 4) is 0 Å². The van der Waals surface area contributed by atoms with Gasteiger partial charge in [-0.1, -0.05) is 13.8 Å². The lowest BCUT2D eigenvalue weighted by Crippen LogP contribution is -2.37. The summed E-state index contributed by atoms with van der Waals surface area (Å²) >= 11 is 1.73. The summed E-state index contributed by atoms with van der Waals surface area (Å²) in [5.74, 6) is 2.69. The van der Waals surface area contributed by atoms with E-state index >= 15 is 0 Å². The molecule has 3 aromatic rings. The Kier molecular flexibility index (Phi) is 4.80. The molecule has 0 bridgehead atoms. The van der Waals surface area contributed by atoms with Crippen LogP contribution in [0.15, 0.2) is 6.33 Å². The molecule has 148 valence electrons. The van der Waals surface area contributed by atoms with Gasteiger partial charge in [-0.05, 0) is 42.7 Å². The number of aromatic nitrogens is 3. The van der Waals surface area contributed by atoms with Gasteiger partial charge in [0, 0.05) is 25.0 Å². The molecule has 1 fully saturated rings. The summed E-state index contributed by atoms with van der Waals surface area (Å²) in [7, 11) is 0. The van der Waals surface area contributed by atoms with Crippen LogP contribution in [0.25, 0.3) is 20.4 Å². The number of nitrogens with one attached hydrogen (secondary N) is 1. The third-order valence-electron chi connectivity index (χ3n) is 5.69. The van der Waals surface area contributed by atoms with Crippen LogP contribution in [-0.4, -0.2) is 47.8 Å². The largest absolute Gasteiger partial charge is 0.378 e. The predicted octanol–water partition coefficient (Wildman–Crippen LogP) is 4.02. The fourth-order valence-corrected chi connectivity index (χ4v) is 5.42. The van der Waals surface area contributed by atoms with Crippen molar-refractivity contribution >= 4 is 43.4 Å². The summed E-state index contributed by atoms with van der Waals surface area (Å²) in [6.07, 6.45) is 6.43. The Balaban J connectivity index is 1.70. The average Bonchev–Trinajstić information content (AvgIpc) is 3.11. The highest BCUT2D eigenvalue weighted by Crippen LogP contribution is 2.42. The Morgan fingerprint density at radius 2 is 1.93 bits per heavy atom. The topological polar surface area (TPSA) is 63.2 Å². The standard InChI is InChI=1S/C21H27N5OS/c1-13(2)11-22-19-18-17(23-12-24-19)16-14-5-3-4-6-15(14)20(25-21(16)28-18)26-7-9-27-10-8-26/h12-13H,3-11H2,1-2H3,(H,22,23,24). The number of hydrogen-bond donors (Lipinski definition) is 1. The van der Waals surface area contributed by atoms with E-state index in [1.165, 1.54) is 35.2 Å². The zero-order chi connectivity index (χ0) is 19.1. The van der Waals surface area contributed by atoms with Crippen molar-refractivity contribution in [1.82, 2.24) is 15.0 Å². The van der Waals surface area contributed by atoms with E-state index in [9.17, 15) is 0 Å². The van der Waals surface area contributed by atoms with Crippen LogP contribution < -0.4 is 10.2 Å². The SMILES string of the molecule is CC(C)CNc1ncnc2c1sc1nc(N3CCOCC3)c3c(c12)CCCC3. The van der Waals surface area contributed by atoms with Crippen molar-refractivity contribution in [2.24, 2.45) is 5.92 Å². The molecule has 0 aromatic carbocycles. The first-order valence-corrected chi connectivity index (χ1v) is 11.2. The minimum atomic E-state index is 0.568. The van der Waals surface area contributed by atoms with Crippen molar-refractivity contribution in [1.29, 1.82) is 0 Å². The zero-order valence-corrected chi connectivity index (χ0v) is 17.4. The molecule has 0 atom stereocenters. The highest BCUT2D eigenvalue weighted by atomic mass is 32.1.